The molecule has 2 N–H and O–H groups in total. The first-order valence-corrected chi connectivity index (χ1v) is 5.41. The van der Waals surface area contributed by atoms with E-state index in [1.807, 2.05) is 0 Å². The molecule has 0 aliphatic carbocycles. The molecule has 0 aromatic rings. The van der Waals surface area contributed by atoms with E-state index in [1.165, 1.54) is 0 Å². The monoisotopic (exact) mass is 216 g/mol. The number of nitrogens with one attached hydrogen (secondary N) is 2. The fraction of sp³-hybridized carbons (Fsp3) is 0.900. The molecule has 1 amide bonds. The lowest BCUT2D eigenvalue weighted by molar-refractivity contribution is -0.120. The summed E-state index contributed by atoms with van der Waals surface area (Å²) in [7, 11) is 1.61. The molecule has 1 fully saturated rings. The SMILES string of the molecule is COCCNC(=O)CNCC1CCCO1. The minimum atomic E-state index is 0.00467. The highest BCUT2D eigenvalue weighted by Gasteiger charge is 2.14. The van der Waals surface area contributed by atoms with Crippen LogP contribution in [0.2, 0.25) is 0 Å². The zero-order valence-electron chi connectivity index (χ0n) is 9.25. The third kappa shape index (κ3) is 5.71. The molecule has 15 heavy (non-hydrogen) atoms. The number of amides is 1. The van der Waals surface area contributed by atoms with Gasteiger partial charge in [-0.2, -0.15) is 0 Å². The summed E-state index contributed by atoms with van der Waals surface area (Å²) in [6.45, 7) is 3.09. The fourth-order valence-electron chi connectivity index (χ4n) is 1.51. The summed E-state index contributed by atoms with van der Waals surface area (Å²) in [6.07, 6.45) is 2.52. The summed E-state index contributed by atoms with van der Waals surface area (Å²) in [5, 5.41) is 5.82. The maximum absolute atomic E-state index is 11.2. The normalized spacial score (nSPS) is 20.5. The molecule has 1 saturated heterocycles. The van der Waals surface area contributed by atoms with Gasteiger partial charge in [-0.05, 0) is 12.8 Å². The number of rotatable bonds is 7. The van der Waals surface area contributed by atoms with Crippen molar-refractivity contribution in [2.45, 2.75) is 18.9 Å². The summed E-state index contributed by atoms with van der Waals surface area (Å²) in [5.74, 6) is 0.00467. The highest BCUT2D eigenvalue weighted by atomic mass is 16.5. The molecule has 0 saturated carbocycles. The van der Waals surface area contributed by atoms with E-state index in [0.717, 1.165) is 26.0 Å². The van der Waals surface area contributed by atoms with Gasteiger partial charge >= 0.3 is 0 Å². The van der Waals surface area contributed by atoms with Crippen LogP contribution >= 0.6 is 0 Å². The molecule has 0 aromatic carbocycles. The van der Waals surface area contributed by atoms with E-state index in [4.69, 9.17) is 9.47 Å². The molecule has 1 aliphatic rings. The topological polar surface area (TPSA) is 59.6 Å². The van der Waals surface area contributed by atoms with Crippen molar-refractivity contribution in [3.63, 3.8) is 0 Å². The van der Waals surface area contributed by atoms with E-state index in [0.29, 0.717) is 19.7 Å². The van der Waals surface area contributed by atoms with Gasteiger partial charge in [0.25, 0.3) is 0 Å². The molecule has 0 radical (unpaired) electrons. The van der Waals surface area contributed by atoms with Gasteiger partial charge < -0.3 is 20.1 Å². The molecular formula is C10H20N2O3. The molecule has 1 unspecified atom stereocenters. The Morgan fingerprint density at radius 1 is 1.60 bits per heavy atom. The third-order valence-corrected chi connectivity index (χ3v) is 2.31. The Labute approximate surface area is 90.5 Å². The summed E-state index contributed by atoms with van der Waals surface area (Å²) in [4.78, 5) is 11.2. The van der Waals surface area contributed by atoms with E-state index >= 15 is 0 Å². The maximum Gasteiger partial charge on any atom is 0.234 e. The van der Waals surface area contributed by atoms with Crippen LogP contribution in [0.25, 0.3) is 0 Å². The molecular weight excluding hydrogens is 196 g/mol. The number of hydrogen-bond donors (Lipinski definition) is 2. The van der Waals surface area contributed by atoms with Crippen molar-refractivity contribution in [2.24, 2.45) is 0 Å². The molecule has 1 aliphatic heterocycles. The molecule has 1 heterocycles. The number of methoxy groups -OCH3 is 1. The van der Waals surface area contributed by atoms with E-state index in [2.05, 4.69) is 10.6 Å². The van der Waals surface area contributed by atoms with Crippen molar-refractivity contribution >= 4 is 5.91 Å². The zero-order chi connectivity index (χ0) is 10.9. The van der Waals surface area contributed by atoms with Crippen LogP contribution in [0, 0.1) is 0 Å². The zero-order valence-corrected chi connectivity index (χ0v) is 9.25. The van der Waals surface area contributed by atoms with Gasteiger partial charge in [-0.15, -0.1) is 0 Å². The Balaban J connectivity index is 1.91. The van der Waals surface area contributed by atoms with Crippen LogP contribution < -0.4 is 10.6 Å². The molecule has 0 spiro atoms. The number of carbonyl (C=O) groups is 1. The van der Waals surface area contributed by atoms with Crippen molar-refractivity contribution in [3.05, 3.63) is 0 Å². The van der Waals surface area contributed by atoms with Crippen LogP contribution in [-0.4, -0.2) is 52.0 Å². The third-order valence-electron chi connectivity index (χ3n) is 2.31. The number of carbonyl (C=O) groups excluding carboxylic acids is 1. The van der Waals surface area contributed by atoms with E-state index in [-0.39, 0.29) is 12.0 Å². The summed E-state index contributed by atoms with van der Waals surface area (Å²) in [5.41, 5.74) is 0. The summed E-state index contributed by atoms with van der Waals surface area (Å²) < 4.78 is 10.2. The minimum absolute atomic E-state index is 0.00467. The molecule has 1 atom stereocenters. The van der Waals surface area contributed by atoms with Crippen molar-refractivity contribution in [1.82, 2.24) is 10.6 Å². The van der Waals surface area contributed by atoms with Gasteiger partial charge in [0.1, 0.15) is 0 Å². The minimum Gasteiger partial charge on any atom is -0.383 e. The van der Waals surface area contributed by atoms with Crippen molar-refractivity contribution in [1.29, 1.82) is 0 Å². The molecule has 0 bridgehead atoms. The quantitative estimate of drug-likeness (QED) is 0.564. The van der Waals surface area contributed by atoms with Gasteiger partial charge in [-0.3, -0.25) is 4.79 Å². The number of hydrogen-bond acceptors (Lipinski definition) is 4. The Bertz CT molecular complexity index is 182. The molecule has 5 heteroatoms. The van der Waals surface area contributed by atoms with Crippen LogP contribution in [0.1, 0.15) is 12.8 Å². The second kappa shape index (κ2) is 7.62. The lowest BCUT2D eigenvalue weighted by Gasteiger charge is -2.10. The highest BCUT2D eigenvalue weighted by molar-refractivity contribution is 5.77. The maximum atomic E-state index is 11.2. The van der Waals surface area contributed by atoms with Crippen LogP contribution in [0.15, 0.2) is 0 Å². The van der Waals surface area contributed by atoms with Crippen LogP contribution in [0.5, 0.6) is 0 Å². The summed E-state index contributed by atoms with van der Waals surface area (Å²) in [6, 6.07) is 0. The standard InChI is InChI=1S/C10H20N2O3/c1-14-6-4-12-10(13)8-11-7-9-3-2-5-15-9/h9,11H,2-8H2,1H3,(H,12,13). The largest absolute Gasteiger partial charge is 0.383 e. The lowest BCUT2D eigenvalue weighted by atomic mass is 10.2. The molecule has 88 valence electrons. The lowest BCUT2D eigenvalue weighted by Crippen LogP contribution is -2.38. The first-order valence-electron chi connectivity index (χ1n) is 5.41. The Hall–Kier alpha value is -0.650. The molecule has 5 nitrogen and oxygen atoms in total. The van der Waals surface area contributed by atoms with Gasteiger partial charge in [-0.1, -0.05) is 0 Å². The van der Waals surface area contributed by atoms with Gasteiger partial charge in [0.05, 0.1) is 19.3 Å². The second-order valence-corrected chi connectivity index (χ2v) is 3.61. The number of ether oxygens (including phenoxy) is 2. The Morgan fingerprint density at radius 2 is 2.47 bits per heavy atom. The van der Waals surface area contributed by atoms with E-state index in [9.17, 15) is 4.79 Å². The van der Waals surface area contributed by atoms with Crippen LogP contribution in [0.3, 0.4) is 0 Å². The van der Waals surface area contributed by atoms with Gasteiger partial charge in [0, 0.05) is 26.8 Å². The Morgan fingerprint density at radius 3 is 3.13 bits per heavy atom. The van der Waals surface area contributed by atoms with Gasteiger partial charge in [0.15, 0.2) is 0 Å². The first-order chi connectivity index (χ1) is 7.33. The molecule has 0 aromatic heterocycles. The predicted octanol–water partition coefficient (Wildman–Crippen LogP) is -0.482. The van der Waals surface area contributed by atoms with E-state index in [1.54, 1.807) is 7.11 Å². The average molecular weight is 216 g/mol. The van der Waals surface area contributed by atoms with Crippen molar-refractivity contribution in [2.75, 3.05) is 40.0 Å². The van der Waals surface area contributed by atoms with Gasteiger partial charge in [-0.25, -0.2) is 0 Å². The van der Waals surface area contributed by atoms with E-state index < -0.39 is 0 Å². The average Bonchev–Trinajstić information content (AvgIpc) is 2.71. The highest BCUT2D eigenvalue weighted by Crippen LogP contribution is 2.10. The van der Waals surface area contributed by atoms with Gasteiger partial charge in [0.2, 0.25) is 5.91 Å². The van der Waals surface area contributed by atoms with Crippen LogP contribution in [0.4, 0.5) is 0 Å². The first kappa shape index (κ1) is 12.4. The predicted molar refractivity (Wildman–Crippen MR) is 56.7 cm³/mol. The van der Waals surface area contributed by atoms with Crippen molar-refractivity contribution < 1.29 is 14.3 Å². The fourth-order valence-corrected chi connectivity index (χ4v) is 1.51. The molecule has 1 rings (SSSR count). The Kier molecular flexibility index (Phi) is 6.31. The van der Waals surface area contributed by atoms with Crippen molar-refractivity contribution in [3.8, 4) is 0 Å². The van der Waals surface area contributed by atoms with Crippen LogP contribution in [-0.2, 0) is 14.3 Å². The second-order valence-electron chi connectivity index (χ2n) is 3.61. The summed E-state index contributed by atoms with van der Waals surface area (Å²) >= 11 is 0. The smallest absolute Gasteiger partial charge is 0.234 e.